The first-order valence-electron chi connectivity index (χ1n) is 7.03. The second-order valence-corrected chi connectivity index (χ2v) is 6.02. The average molecular weight is 289 g/mol. The molecule has 1 saturated carbocycles. The number of alkyl halides is 1. The molecule has 0 spiro atoms. The Morgan fingerprint density at radius 2 is 1.95 bits per heavy atom. The van der Waals surface area contributed by atoms with Crippen LogP contribution in [0.3, 0.4) is 0 Å². The highest BCUT2D eigenvalue weighted by atomic mass is 19.1. The number of carbonyl (C=O) groups is 2. The second kappa shape index (κ2) is 6.90. The molecule has 0 bridgehead atoms. The van der Waals surface area contributed by atoms with Gasteiger partial charge in [0.05, 0.1) is 12.5 Å². The van der Waals surface area contributed by atoms with Crippen molar-refractivity contribution >= 4 is 12.1 Å². The number of alkyl carbamates (subject to hydrolysis) is 1. The summed E-state index contributed by atoms with van der Waals surface area (Å²) in [7, 11) is 0. The molecule has 0 aromatic carbocycles. The lowest BCUT2D eigenvalue weighted by molar-refractivity contribution is -0.150. The van der Waals surface area contributed by atoms with Gasteiger partial charge in [0.25, 0.3) is 0 Å². The van der Waals surface area contributed by atoms with E-state index in [4.69, 9.17) is 9.47 Å². The molecule has 5 nitrogen and oxygen atoms in total. The Kier molecular flexibility index (Phi) is 5.77. The van der Waals surface area contributed by atoms with Gasteiger partial charge in [-0.25, -0.2) is 9.18 Å². The summed E-state index contributed by atoms with van der Waals surface area (Å²) in [5, 5.41) is 2.59. The van der Waals surface area contributed by atoms with Crippen LogP contribution in [0, 0.1) is 5.92 Å². The lowest BCUT2D eigenvalue weighted by atomic mass is 9.83. The van der Waals surface area contributed by atoms with Crippen molar-refractivity contribution in [1.29, 1.82) is 0 Å². The van der Waals surface area contributed by atoms with Gasteiger partial charge >= 0.3 is 12.1 Å². The van der Waals surface area contributed by atoms with Crippen molar-refractivity contribution in [3.8, 4) is 0 Å². The molecule has 0 unspecified atom stereocenters. The molecule has 1 amide bonds. The van der Waals surface area contributed by atoms with Crippen LogP contribution in [-0.2, 0) is 14.3 Å². The molecule has 1 aliphatic carbocycles. The number of hydrogen-bond donors (Lipinski definition) is 1. The first-order valence-corrected chi connectivity index (χ1v) is 7.03. The summed E-state index contributed by atoms with van der Waals surface area (Å²) < 4.78 is 23.6. The van der Waals surface area contributed by atoms with Gasteiger partial charge in [0.1, 0.15) is 11.8 Å². The predicted molar refractivity (Wildman–Crippen MR) is 72.0 cm³/mol. The Bertz CT molecular complexity index is 354. The third-order valence-electron chi connectivity index (χ3n) is 3.08. The van der Waals surface area contributed by atoms with Crippen LogP contribution in [0.4, 0.5) is 9.18 Å². The van der Waals surface area contributed by atoms with Crippen LogP contribution < -0.4 is 5.32 Å². The number of hydrogen-bond acceptors (Lipinski definition) is 4. The summed E-state index contributed by atoms with van der Waals surface area (Å²) in [5.74, 6) is -0.894. The molecule has 1 aliphatic rings. The Labute approximate surface area is 119 Å². The molecule has 0 aromatic rings. The fourth-order valence-electron chi connectivity index (χ4n) is 2.27. The van der Waals surface area contributed by atoms with Crippen molar-refractivity contribution in [1.82, 2.24) is 5.32 Å². The smallest absolute Gasteiger partial charge is 0.407 e. The standard InChI is InChI=1S/C14H24FNO4/c1-5-19-12(17)10-7-6-9(15)8-11(10)16-13(18)20-14(2,3)4/h9-11H,5-8H2,1-4H3,(H,16,18)/t9-,10-,11+/m1/s1. The van der Waals surface area contributed by atoms with Gasteiger partial charge in [-0.2, -0.15) is 0 Å². The molecular weight excluding hydrogens is 265 g/mol. The van der Waals surface area contributed by atoms with E-state index in [1.807, 2.05) is 0 Å². The topological polar surface area (TPSA) is 64.6 Å². The van der Waals surface area contributed by atoms with Crippen LogP contribution in [0.2, 0.25) is 0 Å². The summed E-state index contributed by atoms with van der Waals surface area (Å²) in [6.45, 7) is 7.22. The maximum atomic E-state index is 13.5. The van der Waals surface area contributed by atoms with Gasteiger partial charge in [-0.1, -0.05) is 0 Å². The minimum absolute atomic E-state index is 0.114. The number of carbonyl (C=O) groups excluding carboxylic acids is 2. The van der Waals surface area contributed by atoms with Crippen LogP contribution in [0.1, 0.15) is 47.0 Å². The van der Waals surface area contributed by atoms with Crippen molar-refractivity contribution in [3.63, 3.8) is 0 Å². The van der Waals surface area contributed by atoms with E-state index >= 15 is 0 Å². The van der Waals surface area contributed by atoms with Crippen LogP contribution >= 0.6 is 0 Å². The van der Waals surface area contributed by atoms with Gasteiger partial charge in [0.2, 0.25) is 0 Å². The Hall–Kier alpha value is -1.33. The molecule has 0 aliphatic heterocycles. The van der Waals surface area contributed by atoms with E-state index in [0.717, 1.165) is 0 Å². The minimum atomic E-state index is -1.01. The fraction of sp³-hybridized carbons (Fsp3) is 0.857. The van der Waals surface area contributed by atoms with Crippen LogP contribution in [0.15, 0.2) is 0 Å². The number of halogens is 1. The molecule has 0 aromatic heterocycles. The third kappa shape index (κ3) is 5.35. The van der Waals surface area contributed by atoms with Crippen LogP contribution in [-0.4, -0.2) is 36.5 Å². The first kappa shape index (κ1) is 16.7. The van der Waals surface area contributed by atoms with Gasteiger partial charge in [0, 0.05) is 6.04 Å². The van der Waals surface area contributed by atoms with Crippen LogP contribution in [0.25, 0.3) is 0 Å². The Morgan fingerprint density at radius 1 is 1.30 bits per heavy atom. The Morgan fingerprint density at radius 3 is 2.50 bits per heavy atom. The lowest BCUT2D eigenvalue weighted by Crippen LogP contribution is -2.49. The third-order valence-corrected chi connectivity index (χ3v) is 3.08. The van der Waals surface area contributed by atoms with Gasteiger partial charge in [0.15, 0.2) is 0 Å². The number of esters is 1. The highest BCUT2D eigenvalue weighted by molar-refractivity contribution is 5.75. The lowest BCUT2D eigenvalue weighted by Gasteiger charge is -2.32. The van der Waals surface area contributed by atoms with Gasteiger partial charge < -0.3 is 14.8 Å². The SMILES string of the molecule is CCOC(=O)[C@@H]1CC[C@@H](F)C[C@@H]1NC(=O)OC(C)(C)C. The van der Waals surface area contributed by atoms with Gasteiger partial charge in [-0.15, -0.1) is 0 Å². The highest BCUT2D eigenvalue weighted by Gasteiger charge is 2.37. The van der Waals surface area contributed by atoms with Crippen LogP contribution in [0.5, 0.6) is 0 Å². The number of amides is 1. The van der Waals surface area contributed by atoms with E-state index in [2.05, 4.69) is 5.32 Å². The maximum absolute atomic E-state index is 13.5. The Balaban J connectivity index is 2.65. The summed E-state index contributed by atoms with van der Waals surface area (Å²) in [6.07, 6.45) is -0.842. The van der Waals surface area contributed by atoms with Crippen molar-refractivity contribution in [2.24, 2.45) is 5.92 Å². The molecule has 116 valence electrons. The summed E-state index contributed by atoms with van der Waals surface area (Å²) in [6, 6.07) is -0.576. The molecule has 6 heteroatoms. The second-order valence-electron chi connectivity index (χ2n) is 6.02. The summed E-state index contributed by atoms with van der Waals surface area (Å²) in [4.78, 5) is 23.6. The van der Waals surface area contributed by atoms with Crippen molar-refractivity contribution < 1.29 is 23.5 Å². The van der Waals surface area contributed by atoms with E-state index in [1.165, 1.54) is 0 Å². The minimum Gasteiger partial charge on any atom is -0.466 e. The zero-order valence-corrected chi connectivity index (χ0v) is 12.6. The normalized spacial score (nSPS) is 26.8. The maximum Gasteiger partial charge on any atom is 0.407 e. The zero-order chi connectivity index (χ0) is 15.3. The van der Waals surface area contributed by atoms with Crippen molar-refractivity contribution in [2.45, 2.75) is 64.8 Å². The molecule has 1 rings (SSSR count). The van der Waals surface area contributed by atoms with Gasteiger partial charge in [-0.05, 0) is 47.0 Å². The highest BCUT2D eigenvalue weighted by Crippen LogP contribution is 2.28. The monoisotopic (exact) mass is 289 g/mol. The molecule has 0 heterocycles. The average Bonchev–Trinajstić information content (AvgIpc) is 2.26. The molecule has 1 N–H and O–H groups in total. The molecule has 3 atom stereocenters. The van der Waals surface area contributed by atoms with E-state index in [0.29, 0.717) is 12.8 Å². The quantitative estimate of drug-likeness (QED) is 0.811. The zero-order valence-electron chi connectivity index (χ0n) is 12.6. The number of nitrogens with one attached hydrogen (secondary N) is 1. The van der Waals surface area contributed by atoms with E-state index < -0.39 is 29.8 Å². The predicted octanol–water partition coefficient (Wildman–Crippen LogP) is 2.58. The van der Waals surface area contributed by atoms with E-state index in [1.54, 1.807) is 27.7 Å². The summed E-state index contributed by atoms with van der Waals surface area (Å²) in [5.41, 5.74) is -0.632. The van der Waals surface area contributed by atoms with E-state index in [-0.39, 0.29) is 19.0 Å². The van der Waals surface area contributed by atoms with E-state index in [9.17, 15) is 14.0 Å². The first-order chi connectivity index (χ1) is 9.23. The number of ether oxygens (including phenoxy) is 2. The van der Waals surface area contributed by atoms with Gasteiger partial charge in [-0.3, -0.25) is 4.79 Å². The molecule has 0 radical (unpaired) electrons. The number of rotatable bonds is 3. The fourth-order valence-corrected chi connectivity index (χ4v) is 2.27. The molecular formula is C14H24FNO4. The van der Waals surface area contributed by atoms with Crippen molar-refractivity contribution in [3.05, 3.63) is 0 Å². The molecule has 0 saturated heterocycles. The summed E-state index contributed by atoms with van der Waals surface area (Å²) >= 11 is 0. The molecule has 1 fully saturated rings. The molecule has 20 heavy (non-hydrogen) atoms. The largest absolute Gasteiger partial charge is 0.466 e. The van der Waals surface area contributed by atoms with Crippen molar-refractivity contribution in [2.75, 3.05) is 6.61 Å².